The molecular weight excluding hydrogens is 314 g/mol. The Bertz CT molecular complexity index is 579. The maximum atomic E-state index is 11.9. The van der Waals surface area contributed by atoms with Crippen LogP contribution < -0.4 is 15.4 Å². The zero-order valence-electron chi connectivity index (χ0n) is 13.7. The maximum absolute atomic E-state index is 11.9. The first-order valence-electron chi connectivity index (χ1n) is 8.11. The fourth-order valence-electron chi connectivity index (χ4n) is 2.36. The lowest BCUT2D eigenvalue weighted by molar-refractivity contribution is 0.316. The summed E-state index contributed by atoms with van der Waals surface area (Å²) in [6.45, 7) is 2.46. The molecule has 0 amide bonds. The van der Waals surface area contributed by atoms with Gasteiger partial charge in [0.15, 0.2) is 5.96 Å². The van der Waals surface area contributed by atoms with Crippen molar-refractivity contribution in [3.63, 3.8) is 0 Å². The van der Waals surface area contributed by atoms with Gasteiger partial charge in [-0.05, 0) is 30.9 Å². The van der Waals surface area contributed by atoms with Gasteiger partial charge in [-0.15, -0.1) is 0 Å². The number of aliphatic imine (C=N–C) groups is 1. The van der Waals surface area contributed by atoms with Crippen molar-refractivity contribution in [2.75, 3.05) is 32.4 Å². The van der Waals surface area contributed by atoms with E-state index in [2.05, 4.69) is 24.9 Å². The summed E-state index contributed by atoms with van der Waals surface area (Å²) in [5.41, 5.74) is 0. The van der Waals surface area contributed by atoms with Gasteiger partial charge in [-0.2, -0.15) is 0 Å². The highest BCUT2D eigenvalue weighted by Gasteiger charge is 2.19. The zero-order valence-corrected chi connectivity index (χ0v) is 14.5. The van der Waals surface area contributed by atoms with Crippen LogP contribution in [-0.4, -0.2) is 51.4 Å². The molecule has 0 atom stereocenters. The SMILES string of the molecule is CN=C(NCCn1cccc1)NCCS(=O)(=O)NCC1CCC1. The summed E-state index contributed by atoms with van der Waals surface area (Å²) in [7, 11) is -1.54. The van der Waals surface area contributed by atoms with Crippen LogP contribution in [-0.2, 0) is 16.6 Å². The molecule has 0 aromatic carbocycles. The Kier molecular flexibility index (Phi) is 6.91. The molecule has 1 aliphatic carbocycles. The van der Waals surface area contributed by atoms with E-state index in [9.17, 15) is 8.42 Å². The molecule has 0 saturated heterocycles. The van der Waals surface area contributed by atoms with Crippen molar-refractivity contribution in [2.45, 2.75) is 25.8 Å². The average molecular weight is 341 g/mol. The Hall–Kier alpha value is -1.54. The van der Waals surface area contributed by atoms with E-state index < -0.39 is 10.0 Å². The summed E-state index contributed by atoms with van der Waals surface area (Å²) in [4.78, 5) is 4.09. The fraction of sp³-hybridized carbons (Fsp3) is 0.667. The van der Waals surface area contributed by atoms with Gasteiger partial charge in [0.2, 0.25) is 10.0 Å². The molecule has 8 heteroatoms. The first-order chi connectivity index (χ1) is 11.1. The summed E-state index contributed by atoms with van der Waals surface area (Å²) < 4.78 is 28.5. The number of hydrogen-bond acceptors (Lipinski definition) is 3. The van der Waals surface area contributed by atoms with Gasteiger partial charge >= 0.3 is 0 Å². The maximum Gasteiger partial charge on any atom is 0.213 e. The van der Waals surface area contributed by atoms with Crippen molar-refractivity contribution in [1.82, 2.24) is 19.9 Å². The first-order valence-corrected chi connectivity index (χ1v) is 9.77. The topological polar surface area (TPSA) is 87.5 Å². The van der Waals surface area contributed by atoms with Crippen LogP contribution in [0.3, 0.4) is 0 Å². The van der Waals surface area contributed by atoms with Crippen molar-refractivity contribution in [3.05, 3.63) is 24.5 Å². The molecule has 130 valence electrons. The van der Waals surface area contributed by atoms with Gasteiger partial charge in [0.05, 0.1) is 5.75 Å². The minimum atomic E-state index is -3.21. The molecule has 0 radical (unpaired) electrons. The molecule has 1 fully saturated rings. The second-order valence-corrected chi connectivity index (χ2v) is 7.74. The summed E-state index contributed by atoms with van der Waals surface area (Å²) in [5, 5.41) is 6.20. The van der Waals surface area contributed by atoms with Crippen molar-refractivity contribution >= 4 is 16.0 Å². The van der Waals surface area contributed by atoms with E-state index in [1.807, 2.05) is 24.5 Å². The molecule has 23 heavy (non-hydrogen) atoms. The lowest BCUT2D eigenvalue weighted by Crippen LogP contribution is -2.42. The van der Waals surface area contributed by atoms with E-state index in [1.165, 1.54) is 6.42 Å². The van der Waals surface area contributed by atoms with Crippen LogP contribution in [0.4, 0.5) is 0 Å². The van der Waals surface area contributed by atoms with Crippen LogP contribution in [0, 0.1) is 5.92 Å². The third kappa shape index (κ3) is 6.62. The Balaban J connectivity index is 1.60. The number of guanidine groups is 1. The summed E-state index contributed by atoms with van der Waals surface area (Å²) in [5.74, 6) is 1.20. The third-order valence-corrected chi connectivity index (χ3v) is 5.38. The Labute approximate surface area is 138 Å². The number of aromatic nitrogens is 1. The van der Waals surface area contributed by atoms with Gasteiger partial charge in [0.25, 0.3) is 0 Å². The largest absolute Gasteiger partial charge is 0.355 e. The number of rotatable bonds is 9. The smallest absolute Gasteiger partial charge is 0.213 e. The minimum absolute atomic E-state index is 0.0536. The average Bonchev–Trinajstić information content (AvgIpc) is 2.97. The number of sulfonamides is 1. The fourth-order valence-corrected chi connectivity index (χ4v) is 3.37. The summed E-state index contributed by atoms with van der Waals surface area (Å²) in [6, 6.07) is 3.96. The molecule has 1 aliphatic rings. The summed E-state index contributed by atoms with van der Waals surface area (Å²) in [6.07, 6.45) is 7.49. The van der Waals surface area contributed by atoms with Crippen LogP contribution in [0.2, 0.25) is 0 Å². The van der Waals surface area contributed by atoms with Gasteiger partial charge in [0, 0.05) is 45.6 Å². The van der Waals surface area contributed by atoms with Gasteiger partial charge < -0.3 is 15.2 Å². The quantitative estimate of drug-likeness (QED) is 0.447. The second-order valence-electron chi connectivity index (χ2n) is 5.81. The molecule has 3 N–H and O–H groups in total. The van der Waals surface area contributed by atoms with E-state index in [1.54, 1.807) is 7.05 Å². The minimum Gasteiger partial charge on any atom is -0.355 e. The van der Waals surface area contributed by atoms with Crippen molar-refractivity contribution in [2.24, 2.45) is 10.9 Å². The Morgan fingerprint density at radius 3 is 2.52 bits per heavy atom. The molecule has 7 nitrogen and oxygen atoms in total. The third-order valence-electron chi connectivity index (χ3n) is 4.03. The molecule has 0 unspecified atom stereocenters. The monoisotopic (exact) mass is 341 g/mol. The lowest BCUT2D eigenvalue weighted by Gasteiger charge is -2.25. The van der Waals surface area contributed by atoms with Crippen LogP contribution in [0.25, 0.3) is 0 Å². The molecule has 2 rings (SSSR count). The first kappa shape index (κ1) is 17.8. The van der Waals surface area contributed by atoms with Gasteiger partial charge in [-0.1, -0.05) is 6.42 Å². The normalized spacial score (nSPS) is 16.1. The zero-order chi connectivity index (χ0) is 16.5. The Morgan fingerprint density at radius 2 is 1.91 bits per heavy atom. The van der Waals surface area contributed by atoms with E-state index in [0.29, 0.717) is 25.0 Å². The second kappa shape index (κ2) is 8.93. The standard InChI is InChI=1S/C15H27N5O2S/c1-16-15(17-7-11-20-9-2-3-10-20)18-8-12-23(21,22)19-13-14-5-4-6-14/h2-3,9-10,14,19H,4-8,11-13H2,1H3,(H2,16,17,18). The van der Waals surface area contributed by atoms with Crippen LogP contribution >= 0.6 is 0 Å². The van der Waals surface area contributed by atoms with E-state index in [-0.39, 0.29) is 5.75 Å². The summed E-state index contributed by atoms with van der Waals surface area (Å²) >= 11 is 0. The van der Waals surface area contributed by atoms with Crippen molar-refractivity contribution < 1.29 is 8.42 Å². The van der Waals surface area contributed by atoms with Gasteiger partial charge in [-0.3, -0.25) is 4.99 Å². The predicted octanol–water partition coefficient (Wildman–Crippen LogP) is 0.373. The highest BCUT2D eigenvalue weighted by molar-refractivity contribution is 7.89. The van der Waals surface area contributed by atoms with Crippen LogP contribution in [0.15, 0.2) is 29.5 Å². The molecule has 1 heterocycles. The highest BCUT2D eigenvalue weighted by atomic mass is 32.2. The number of hydrogen-bond donors (Lipinski definition) is 3. The van der Waals surface area contributed by atoms with Crippen molar-refractivity contribution in [1.29, 1.82) is 0 Å². The van der Waals surface area contributed by atoms with E-state index in [0.717, 1.165) is 25.9 Å². The number of nitrogens with one attached hydrogen (secondary N) is 3. The van der Waals surface area contributed by atoms with Gasteiger partial charge in [0.1, 0.15) is 0 Å². The van der Waals surface area contributed by atoms with Gasteiger partial charge in [-0.25, -0.2) is 13.1 Å². The van der Waals surface area contributed by atoms with Crippen LogP contribution in [0.5, 0.6) is 0 Å². The molecule has 1 saturated carbocycles. The predicted molar refractivity (Wildman–Crippen MR) is 92.9 cm³/mol. The van der Waals surface area contributed by atoms with E-state index >= 15 is 0 Å². The number of nitrogens with zero attached hydrogens (tertiary/aromatic N) is 2. The Morgan fingerprint density at radius 1 is 1.22 bits per heavy atom. The highest BCUT2D eigenvalue weighted by Crippen LogP contribution is 2.25. The molecule has 0 bridgehead atoms. The molecular formula is C15H27N5O2S. The molecule has 0 aliphatic heterocycles. The lowest BCUT2D eigenvalue weighted by atomic mass is 9.86. The molecule has 0 spiro atoms. The van der Waals surface area contributed by atoms with E-state index in [4.69, 9.17) is 0 Å². The van der Waals surface area contributed by atoms with Crippen LogP contribution in [0.1, 0.15) is 19.3 Å². The molecule has 1 aromatic heterocycles. The molecule has 1 aromatic rings. The van der Waals surface area contributed by atoms with Crippen molar-refractivity contribution in [3.8, 4) is 0 Å².